The van der Waals surface area contributed by atoms with Gasteiger partial charge in [-0.05, 0) is 34.9 Å². The van der Waals surface area contributed by atoms with Crippen LogP contribution in [0.25, 0.3) is 0 Å². The number of nitrogens with zero attached hydrogens (tertiary/aromatic N) is 6. The summed E-state index contributed by atoms with van der Waals surface area (Å²) in [6.07, 6.45) is 0. The minimum Gasteiger partial charge on any atom is -0.430 e. The van der Waals surface area contributed by atoms with Crippen molar-refractivity contribution in [3.8, 4) is 17.2 Å². The van der Waals surface area contributed by atoms with E-state index in [4.69, 9.17) is 27.1 Å². The molecular formula is C42H39N6O3P3. The molecule has 4 aliphatic heterocycles. The van der Waals surface area contributed by atoms with Gasteiger partial charge in [0.25, 0.3) is 0 Å². The minimum atomic E-state index is -3.31. The van der Waals surface area contributed by atoms with Gasteiger partial charge < -0.3 is 13.6 Å². The van der Waals surface area contributed by atoms with Gasteiger partial charge >= 0.3 is 22.7 Å². The van der Waals surface area contributed by atoms with Crippen LogP contribution >= 0.6 is 22.7 Å². The van der Waals surface area contributed by atoms with Crippen LogP contribution in [0.1, 0.15) is 33.4 Å². The normalized spacial score (nSPS) is 24.4. The number of hydrogen-bond donors (Lipinski definition) is 0. The molecule has 0 bridgehead atoms. The number of rotatable bonds is 6. The Morgan fingerprint density at radius 2 is 0.611 bits per heavy atom. The van der Waals surface area contributed by atoms with E-state index >= 15 is 0 Å². The van der Waals surface area contributed by atoms with Crippen molar-refractivity contribution in [2.24, 2.45) is 13.5 Å². The Hall–Kier alpha value is -4.71. The highest BCUT2D eigenvalue weighted by molar-refractivity contribution is 7.81. The van der Waals surface area contributed by atoms with Crippen LogP contribution < -0.4 is 13.6 Å². The fourth-order valence-electron chi connectivity index (χ4n) is 7.39. The molecule has 3 spiro atoms. The fourth-order valence-corrected chi connectivity index (χ4v) is 19.7. The van der Waals surface area contributed by atoms with Crippen LogP contribution in [0.2, 0.25) is 0 Å². The zero-order valence-electron chi connectivity index (χ0n) is 29.6. The van der Waals surface area contributed by atoms with Gasteiger partial charge in [0.15, 0.2) is 0 Å². The summed E-state index contributed by atoms with van der Waals surface area (Å²) < 4.78 is 46.8. The van der Waals surface area contributed by atoms with Crippen molar-refractivity contribution in [3.05, 3.63) is 197 Å². The van der Waals surface area contributed by atoms with Crippen molar-refractivity contribution in [2.75, 3.05) is 0 Å². The summed E-state index contributed by atoms with van der Waals surface area (Å²) in [6, 6.07) is 56.4. The van der Waals surface area contributed by atoms with Gasteiger partial charge in [-0.15, -0.1) is 13.5 Å². The van der Waals surface area contributed by atoms with Crippen molar-refractivity contribution in [2.45, 2.75) is 39.3 Å². The Balaban J connectivity index is 1.27. The Labute approximate surface area is 316 Å². The largest absolute Gasteiger partial charge is 0.430 e. The van der Waals surface area contributed by atoms with E-state index in [-0.39, 0.29) is 0 Å². The summed E-state index contributed by atoms with van der Waals surface area (Å²) >= 11 is 0. The SMILES string of the molecule is c1ccc(CN2Cc3ccccc3OP23=NP2(=NP4(=N3)Oc3ccccc3CN4Cc3ccccc3)Oc3ccccc3CN2Cc2ccccc2)cc1. The van der Waals surface area contributed by atoms with Crippen molar-refractivity contribution in [1.82, 2.24) is 14.0 Å². The first-order valence-corrected chi connectivity index (χ1v) is 22.9. The molecule has 10 rings (SSSR count). The van der Waals surface area contributed by atoms with Crippen LogP contribution in [0, 0.1) is 0 Å². The molecule has 54 heavy (non-hydrogen) atoms. The van der Waals surface area contributed by atoms with Gasteiger partial charge in [-0.2, -0.15) is 0 Å². The van der Waals surface area contributed by atoms with E-state index in [0.29, 0.717) is 39.3 Å². The molecule has 12 heteroatoms. The molecule has 4 heterocycles. The van der Waals surface area contributed by atoms with Crippen LogP contribution in [0.4, 0.5) is 0 Å². The summed E-state index contributed by atoms with van der Waals surface area (Å²) in [5.74, 6) is 2.37. The average Bonchev–Trinajstić information content (AvgIpc) is 3.20. The summed E-state index contributed by atoms with van der Waals surface area (Å²) in [5.41, 5.74) is 6.75. The second-order valence-electron chi connectivity index (χ2n) is 13.8. The Bertz CT molecular complexity index is 2220. The molecule has 270 valence electrons. The fraction of sp³-hybridized carbons (Fsp3) is 0.143. The molecule has 0 atom stereocenters. The molecule has 0 saturated carbocycles. The third-order valence-electron chi connectivity index (χ3n) is 10.1. The van der Waals surface area contributed by atoms with E-state index in [0.717, 1.165) is 50.6 Å². The van der Waals surface area contributed by atoms with Crippen molar-refractivity contribution < 1.29 is 13.6 Å². The standard InChI is InChI=1S/C42H39N6O3P3/c1-4-16-34(17-5-1)28-46-31-37-22-10-13-25-40(37)49-52(46)43-53(47(29-35-18-6-2-7-19-35)32-38-23-11-14-26-41(38)50-53)45-54(44-52)48(30-36-20-8-3-9-21-36)33-39-24-12-15-27-42(39)51-54/h1-27H,28-33H2. The Morgan fingerprint density at radius 3 is 0.907 bits per heavy atom. The summed E-state index contributed by atoms with van der Waals surface area (Å²) in [6.45, 7) is 3.57. The first kappa shape index (κ1) is 33.8. The van der Waals surface area contributed by atoms with E-state index in [2.05, 4.69) is 141 Å². The molecule has 0 amide bonds. The molecule has 9 nitrogen and oxygen atoms in total. The molecule has 4 aliphatic rings. The summed E-state index contributed by atoms with van der Waals surface area (Å²) in [5, 5.41) is 0. The Kier molecular flexibility index (Phi) is 8.68. The lowest BCUT2D eigenvalue weighted by molar-refractivity contribution is 0.338. The van der Waals surface area contributed by atoms with Crippen molar-refractivity contribution >= 4 is 22.7 Å². The van der Waals surface area contributed by atoms with E-state index in [1.807, 2.05) is 36.4 Å². The van der Waals surface area contributed by atoms with Gasteiger partial charge in [0.2, 0.25) is 0 Å². The van der Waals surface area contributed by atoms with E-state index in [1.54, 1.807) is 0 Å². The molecule has 6 aromatic rings. The van der Waals surface area contributed by atoms with Gasteiger partial charge in [0, 0.05) is 56.0 Å². The molecule has 0 radical (unpaired) electrons. The number of benzene rings is 6. The Morgan fingerprint density at radius 1 is 0.352 bits per heavy atom. The molecule has 0 fully saturated rings. The third kappa shape index (κ3) is 6.25. The predicted molar refractivity (Wildman–Crippen MR) is 216 cm³/mol. The minimum absolute atomic E-state index is 0.584. The molecule has 6 aromatic carbocycles. The summed E-state index contributed by atoms with van der Waals surface area (Å²) in [4.78, 5) is 0. The van der Waals surface area contributed by atoms with E-state index in [9.17, 15) is 0 Å². The average molecular weight is 769 g/mol. The van der Waals surface area contributed by atoms with Crippen LogP contribution in [0.3, 0.4) is 0 Å². The maximum absolute atomic E-state index is 7.36. The zero-order valence-corrected chi connectivity index (χ0v) is 32.3. The van der Waals surface area contributed by atoms with Gasteiger partial charge in [0.1, 0.15) is 17.2 Å². The lowest BCUT2D eigenvalue weighted by Crippen LogP contribution is -2.33. The number of fused-ring (bicyclic) bond motifs is 3. The number of para-hydroxylation sites is 3. The molecule has 0 N–H and O–H groups in total. The molecular weight excluding hydrogens is 729 g/mol. The second-order valence-corrected chi connectivity index (χ2v) is 21.3. The van der Waals surface area contributed by atoms with Gasteiger partial charge in [-0.1, -0.05) is 146 Å². The molecule has 0 aromatic heterocycles. The highest BCUT2D eigenvalue weighted by Crippen LogP contribution is 2.83. The molecule has 0 saturated heterocycles. The first-order valence-electron chi connectivity index (χ1n) is 18.2. The van der Waals surface area contributed by atoms with Crippen molar-refractivity contribution in [1.29, 1.82) is 0 Å². The zero-order chi connectivity index (χ0) is 36.0. The molecule has 0 unspecified atom stereocenters. The van der Waals surface area contributed by atoms with Gasteiger partial charge in [-0.3, -0.25) is 0 Å². The first-order chi connectivity index (χ1) is 26.6. The monoisotopic (exact) mass is 768 g/mol. The van der Waals surface area contributed by atoms with Crippen LogP contribution in [0.5, 0.6) is 17.2 Å². The summed E-state index contributed by atoms with van der Waals surface area (Å²) in [7, 11) is -9.94. The van der Waals surface area contributed by atoms with E-state index in [1.165, 1.54) is 0 Å². The number of hydrogen-bond acceptors (Lipinski definition) is 9. The lowest BCUT2D eigenvalue weighted by atomic mass is 10.2. The van der Waals surface area contributed by atoms with Crippen molar-refractivity contribution in [3.63, 3.8) is 0 Å². The maximum atomic E-state index is 7.36. The third-order valence-corrected chi connectivity index (χ3v) is 20.0. The topological polar surface area (TPSA) is 74.5 Å². The highest BCUT2D eigenvalue weighted by Gasteiger charge is 2.53. The highest BCUT2D eigenvalue weighted by atomic mass is 31.3. The quantitative estimate of drug-likeness (QED) is 0.157. The van der Waals surface area contributed by atoms with E-state index < -0.39 is 22.7 Å². The molecule has 0 aliphatic carbocycles. The lowest BCUT2D eigenvalue weighted by Gasteiger charge is -2.48. The second kappa shape index (κ2) is 13.9. The van der Waals surface area contributed by atoms with Crippen LogP contribution in [-0.2, 0) is 39.3 Å². The predicted octanol–water partition coefficient (Wildman–Crippen LogP) is 12.1. The van der Waals surface area contributed by atoms with Gasteiger partial charge in [-0.25, -0.2) is 14.0 Å². The van der Waals surface area contributed by atoms with Crippen LogP contribution in [-0.4, -0.2) is 14.0 Å². The van der Waals surface area contributed by atoms with Gasteiger partial charge in [0.05, 0.1) is 0 Å². The van der Waals surface area contributed by atoms with Crippen LogP contribution in [0.15, 0.2) is 177 Å². The smallest absolute Gasteiger partial charge is 0.337 e. The maximum Gasteiger partial charge on any atom is 0.337 e.